The van der Waals surface area contributed by atoms with E-state index in [1.165, 1.54) is 4.90 Å². The summed E-state index contributed by atoms with van der Waals surface area (Å²) in [5.41, 5.74) is -1.05. The van der Waals surface area contributed by atoms with Gasteiger partial charge in [0.25, 0.3) is 0 Å². The van der Waals surface area contributed by atoms with Gasteiger partial charge in [-0.25, -0.2) is 24.1 Å². The Morgan fingerprint density at radius 2 is 1.90 bits per heavy atom. The zero-order chi connectivity index (χ0) is 22.5. The molecule has 3 aromatic heterocycles. The largest absolute Gasteiger partial charge is 0.465 e. The zero-order valence-electron chi connectivity index (χ0n) is 16.5. The van der Waals surface area contributed by atoms with Crippen LogP contribution in [0.5, 0.6) is 0 Å². The van der Waals surface area contributed by atoms with Crippen molar-refractivity contribution >= 4 is 22.9 Å². The van der Waals surface area contributed by atoms with Gasteiger partial charge in [-0.15, -0.1) is 0 Å². The standard InChI is InChI=1S/C19H18F4N6O2/c1-10-7-28(18(30)31)11(2)6-27(10)16-15-13(19(21,22)23)8-29(17(15)26-9-25-16)14-5-12(20)3-4-24-14/h3-5,8-11H,6-7H2,1-2H3,(H,30,31). The molecule has 0 saturated carbocycles. The molecule has 1 amide bonds. The maximum Gasteiger partial charge on any atom is 0.418 e. The van der Waals surface area contributed by atoms with E-state index in [1.54, 1.807) is 18.7 Å². The van der Waals surface area contributed by atoms with E-state index >= 15 is 0 Å². The number of fused-ring (bicyclic) bond motifs is 1. The average molecular weight is 438 g/mol. The molecule has 0 radical (unpaired) electrons. The van der Waals surface area contributed by atoms with Crippen molar-refractivity contribution in [2.45, 2.75) is 32.1 Å². The third kappa shape index (κ3) is 3.62. The summed E-state index contributed by atoms with van der Waals surface area (Å²) >= 11 is 0. The van der Waals surface area contributed by atoms with Gasteiger partial charge in [0.2, 0.25) is 0 Å². The van der Waals surface area contributed by atoms with Crippen LogP contribution in [0.15, 0.2) is 30.9 Å². The number of carboxylic acid groups (broad SMARTS) is 1. The van der Waals surface area contributed by atoms with Gasteiger partial charge in [-0.1, -0.05) is 0 Å². The van der Waals surface area contributed by atoms with E-state index in [4.69, 9.17) is 0 Å². The average Bonchev–Trinajstić information content (AvgIpc) is 3.09. The van der Waals surface area contributed by atoms with Crippen molar-refractivity contribution in [2.24, 2.45) is 0 Å². The van der Waals surface area contributed by atoms with E-state index in [9.17, 15) is 27.5 Å². The van der Waals surface area contributed by atoms with Crippen molar-refractivity contribution in [1.29, 1.82) is 0 Å². The predicted molar refractivity (Wildman–Crippen MR) is 103 cm³/mol. The lowest BCUT2D eigenvalue weighted by atomic mass is 10.1. The Balaban J connectivity index is 1.91. The molecule has 4 rings (SSSR count). The molecule has 0 aromatic carbocycles. The van der Waals surface area contributed by atoms with E-state index in [0.717, 1.165) is 35.4 Å². The number of halogens is 4. The van der Waals surface area contributed by atoms with Gasteiger partial charge in [0, 0.05) is 43.6 Å². The number of anilines is 1. The SMILES string of the molecule is CC1CN(c2ncnc3c2c(C(F)(F)F)cn3-c2cc(F)ccn2)C(C)CN1C(=O)O. The summed E-state index contributed by atoms with van der Waals surface area (Å²) in [6.45, 7) is 3.65. The number of alkyl halides is 3. The molecule has 1 N–H and O–H groups in total. The van der Waals surface area contributed by atoms with Crippen LogP contribution in [0, 0.1) is 5.82 Å². The Morgan fingerprint density at radius 1 is 1.16 bits per heavy atom. The molecule has 0 spiro atoms. The first-order valence-electron chi connectivity index (χ1n) is 9.39. The molecule has 2 unspecified atom stereocenters. The zero-order valence-corrected chi connectivity index (χ0v) is 16.5. The highest BCUT2D eigenvalue weighted by Crippen LogP contribution is 2.40. The second-order valence-corrected chi connectivity index (χ2v) is 7.42. The van der Waals surface area contributed by atoms with E-state index in [2.05, 4.69) is 15.0 Å². The van der Waals surface area contributed by atoms with Crippen LogP contribution in [0.4, 0.5) is 28.2 Å². The predicted octanol–water partition coefficient (Wildman–Crippen LogP) is 3.55. The molecule has 0 aliphatic carbocycles. The Labute approximate surface area is 173 Å². The molecule has 12 heteroatoms. The first-order chi connectivity index (χ1) is 14.6. The summed E-state index contributed by atoms with van der Waals surface area (Å²) in [4.78, 5) is 26.4. The van der Waals surface area contributed by atoms with Crippen molar-refractivity contribution in [1.82, 2.24) is 24.4 Å². The van der Waals surface area contributed by atoms with Crippen LogP contribution in [-0.4, -0.2) is 60.8 Å². The van der Waals surface area contributed by atoms with E-state index in [1.807, 2.05) is 0 Å². The minimum Gasteiger partial charge on any atom is -0.465 e. The Bertz CT molecular complexity index is 1150. The number of piperazine rings is 1. The summed E-state index contributed by atoms with van der Waals surface area (Å²) in [5, 5.41) is 9.10. The second kappa shape index (κ2) is 7.36. The highest BCUT2D eigenvalue weighted by molar-refractivity contribution is 5.93. The summed E-state index contributed by atoms with van der Waals surface area (Å²) in [6, 6.07) is 1.21. The summed E-state index contributed by atoms with van der Waals surface area (Å²) < 4.78 is 56.6. The van der Waals surface area contributed by atoms with E-state index < -0.39 is 35.7 Å². The normalized spacial score (nSPS) is 19.8. The van der Waals surface area contributed by atoms with Crippen LogP contribution in [0.25, 0.3) is 16.9 Å². The van der Waals surface area contributed by atoms with Crippen LogP contribution in [-0.2, 0) is 6.18 Å². The maximum absolute atomic E-state index is 13.9. The molecule has 3 aromatic rings. The van der Waals surface area contributed by atoms with Gasteiger partial charge in [-0.2, -0.15) is 13.2 Å². The lowest BCUT2D eigenvalue weighted by Gasteiger charge is -2.43. The molecular formula is C19H18F4N6O2. The van der Waals surface area contributed by atoms with Crippen LogP contribution in [0.3, 0.4) is 0 Å². The van der Waals surface area contributed by atoms with Crippen molar-refractivity contribution in [3.8, 4) is 5.82 Å². The maximum atomic E-state index is 13.9. The topological polar surface area (TPSA) is 87.4 Å². The fraction of sp³-hybridized carbons (Fsp3) is 0.368. The fourth-order valence-electron chi connectivity index (χ4n) is 3.87. The summed E-state index contributed by atoms with van der Waals surface area (Å²) in [6.07, 6.45) is -2.71. The number of hydrogen-bond acceptors (Lipinski definition) is 5. The summed E-state index contributed by atoms with van der Waals surface area (Å²) in [7, 11) is 0. The quantitative estimate of drug-likeness (QED) is 0.616. The lowest BCUT2D eigenvalue weighted by molar-refractivity contribution is -0.136. The molecule has 1 aliphatic heterocycles. The molecule has 4 heterocycles. The molecule has 2 atom stereocenters. The van der Waals surface area contributed by atoms with Crippen LogP contribution in [0.1, 0.15) is 19.4 Å². The molecule has 1 aliphatic rings. The number of nitrogens with zero attached hydrogens (tertiary/aromatic N) is 6. The van der Waals surface area contributed by atoms with Gasteiger partial charge < -0.3 is 14.9 Å². The monoisotopic (exact) mass is 438 g/mol. The highest BCUT2D eigenvalue weighted by Gasteiger charge is 2.40. The van der Waals surface area contributed by atoms with Gasteiger partial charge in [0.15, 0.2) is 5.65 Å². The molecule has 0 bridgehead atoms. The first-order valence-corrected chi connectivity index (χ1v) is 9.39. The van der Waals surface area contributed by atoms with Gasteiger partial charge >= 0.3 is 12.3 Å². The molecular weight excluding hydrogens is 420 g/mol. The summed E-state index contributed by atoms with van der Waals surface area (Å²) in [5.74, 6) is -0.666. The van der Waals surface area contributed by atoms with Crippen LogP contribution in [0.2, 0.25) is 0 Å². The van der Waals surface area contributed by atoms with Crippen molar-refractivity contribution in [3.05, 3.63) is 42.2 Å². The van der Waals surface area contributed by atoms with E-state index in [0.29, 0.717) is 0 Å². The number of hydrogen-bond donors (Lipinski definition) is 1. The Morgan fingerprint density at radius 3 is 2.55 bits per heavy atom. The van der Waals surface area contributed by atoms with Gasteiger partial charge in [0.1, 0.15) is 23.8 Å². The first kappa shape index (κ1) is 20.8. The number of amides is 1. The number of carbonyl (C=O) groups is 1. The van der Waals surface area contributed by atoms with Gasteiger partial charge in [0.05, 0.1) is 10.9 Å². The number of rotatable bonds is 2. The number of aromatic nitrogens is 4. The molecule has 164 valence electrons. The molecule has 8 nitrogen and oxygen atoms in total. The molecule has 31 heavy (non-hydrogen) atoms. The Kier molecular flexibility index (Phi) is 4.94. The smallest absolute Gasteiger partial charge is 0.418 e. The van der Waals surface area contributed by atoms with Crippen LogP contribution < -0.4 is 4.90 Å². The molecule has 1 fully saturated rings. The number of pyridine rings is 1. The van der Waals surface area contributed by atoms with Crippen molar-refractivity contribution in [2.75, 3.05) is 18.0 Å². The lowest BCUT2D eigenvalue weighted by Crippen LogP contribution is -2.58. The van der Waals surface area contributed by atoms with Gasteiger partial charge in [-0.3, -0.25) is 4.57 Å². The van der Waals surface area contributed by atoms with Gasteiger partial charge in [-0.05, 0) is 19.9 Å². The Hall–Kier alpha value is -3.44. The fourth-order valence-corrected chi connectivity index (χ4v) is 3.87. The van der Waals surface area contributed by atoms with Crippen molar-refractivity contribution < 1.29 is 27.5 Å². The van der Waals surface area contributed by atoms with Crippen LogP contribution >= 0.6 is 0 Å². The minimum atomic E-state index is -4.73. The third-order valence-electron chi connectivity index (χ3n) is 5.33. The molecule has 1 saturated heterocycles. The van der Waals surface area contributed by atoms with Crippen molar-refractivity contribution in [3.63, 3.8) is 0 Å². The third-order valence-corrected chi connectivity index (χ3v) is 5.33. The highest BCUT2D eigenvalue weighted by atomic mass is 19.4. The van der Waals surface area contributed by atoms with E-state index in [-0.39, 0.29) is 35.8 Å². The minimum absolute atomic E-state index is 0.0388. The second-order valence-electron chi connectivity index (χ2n) is 7.42.